The van der Waals surface area contributed by atoms with Crippen LogP contribution in [-0.4, -0.2) is 5.78 Å². The van der Waals surface area contributed by atoms with Crippen molar-refractivity contribution in [1.82, 2.24) is 0 Å². The molecule has 2 rings (SSSR count). The van der Waals surface area contributed by atoms with Crippen molar-refractivity contribution in [2.75, 3.05) is 5.73 Å². The molecule has 2 N–H and O–H groups in total. The summed E-state index contributed by atoms with van der Waals surface area (Å²) < 4.78 is 0. The number of carbonyl (C=O) groups is 1. The molecule has 0 aliphatic rings. The molecule has 3 heteroatoms. The fraction of sp³-hybridized carbons (Fsp3) is 0.133. The van der Waals surface area contributed by atoms with Crippen LogP contribution in [0.25, 0.3) is 0 Å². The van der Waals surface area contributed by atoms with Crippen LogP contribution >= 0.6 is 11.8 Å². The van der Waals surface area contributed by atoms with Crippen molar-refractivity contribution in [1.29, 1.82) is 0 Å². The molecule has 0 saturated carbocycles. The van der Waals surface area contributed by atoms with Crippen molar-refractivity contribution in [2.45, 2.75) is 17.6 Å². The van der Waals surface area contributed by atoms with Crippen LogP contribution < -0.4 is 5.73 Å². The molecule has 0 unspecified atom stereocenters. The van der Waals surface area contributed by atoms with Crippen LogP contribution in [-0.2, 0) is 5.75 Å². The van der Waals surface area contributed by atoms with E-state index in [0.29, 0.717) is 11.3 Å². The summed E-state index contributed by atoms with van der Waals surface area (Å²) in [7, 11) is 0. The molecule has 0 aliphatic carbocycles. The van der Waals surface area contributed by atoms with E-state index in [2.05, 4.69) is 12.1 Å². The Morgan fingerprint density at radius 2 is 1.89 bits per heavy atom. The van der Waals surface area contributed by atoms with E-state index in [4.69, 9.17) is 5.73 Å². The normalized spacial score (nSPS) is 10.3. The average molecular weight is 257 g/mol. The van der Waals surface area contributed by atoms with Gasteiger partial charge in [-0.05, 0) is 30.7 Å². The molecular formula is C15H15NOS. The van der Waals surface area contributed by atoms with Gasteiger partial charge in [-0.3, -0.25) is 4.79 Å². The van der Waals surface area contributed by atoms with Gasteiger partial charge in [-0.1, -0.05) is 30.3 Å². The Bertz CT molecular complexity index is 552. The molecule has 2 nitrogen and oxygen atoms in total. The first-order valence-corrected chi connectivity index (χ1v) is 6.72. The number of nitrogen functional groups attached to an aromatic ring is 1. The second-order valence-corrected chi connectivity index (χ2v) is 5.13. The largest absolute Gasteiger partial charge is 0.398 e. The van der Waals surface area contributed by atoms with Gasteiger partial charge in [-0.2, -0.15) is 0 Å². The molecule has 92 valence electrons. The van der Waals surface area contributed by atoms with Gasteiger partial charge >= 0.3 is 0 Å². The van der Waals surface area contributed by atoms with Gasteiger partial charge in [0.25, 0.3) is 0 Å². The summed E-state index contributed by atoms with van der Waals surface area (Å²) >= 11 is 1.71. The maximum absolute atomic E-state index is 11.4. The van der Waals surface area contributed by atoms with Crippen molar-refractivity contribution in [3.8, 4) is 0 Å². The van der Waals surface area contributed by atoms with Gasteiger partial charge in [0.2, 0.25) is 0 Å². The maximum Gasteiger partial charge on any atom is 0.161 e. The lowest BCUT2D eigenvalue weighted by Gasteiger charge is -2.06. The molecule has 2 aromatic carbocycles. The number of benzene rings is 2. The van der Waals surface area contributed by atoms with Crippen LogP contribution in [0.15, 0.2) is 53.4 Å². The summed E-state index contributed by atoms with van der Waals surface area (Å²) in [6.45, 7) is 1.54. The van der Waals surface area contributed by atoms with Gasteiger partial charge in [-0.15, -0.1) is 11.8 Å². The van der Waals surface area contributed by atoms with Crippen molar-refractivity contribution < 1.29 is 4.79 Å². The number of rotatable bonds is 4. The van der Waals surface area contributed by atoms with Crippen LogP contribution in [0.3, 0.4) is 0 Å². The summed E-state index contributed by atoms with van der Waals surface area (Å²) in [6, 6.07) is 15.9. The third kappa shape index (κ3) is 3.14. The van der Waals surface area contributed by atoms with Crippen molar-refractivity contribution in [3.63, 3.8) is 0 Å². The predicted molar refractivity (Wildman–Crippen MR) is 76.9 cm³/mol. The molecule has 0 fully saturated rings. The standard InChI is InChI=1S/C15H15NOS/c1-11(17)14-9-13(7-8-15(14)16)18-10-12-5-3-2-4-6-12/h2-9H,10,16H2,1H3. The molecule has 18 heavy (non-hydrogen) atoms. The number of thioether (sulfide) groups is 1. The van der Waals surface area contributed by atoms with Crippen molar-refractivity contribution in [3.05, 3.63) is 59.7 Å². The number of anilines is 1. The molecule has 0 bridgehead atoms. The summed E-state index contributed by atoms with van der Waals surface area (Å²) in [5, 5.41) is 0. The van der Waals surface area contributed by atoms with E-state index < -0.39 is 0 Å². The number of hydrogen-bond acceptors (Lipinski definition) is 3. The molecular weight excluding hydrogens is 242 g/mol. The fourth-order valence-corrected chi connectivity index (χ4v) is 2.56. The van der Waals surface area contributed by atoms with Crippen LogP contribution in [0.1, 0.15) is 22.8 Å². The second-order valence-electron chi connectivity index (χ2n) is 4.08. The predicted octanol–water partition coefficient (Wildman–Crippen LogP) is 3.76. The first-order chi connectivity index (χ1) is 8.66. The third-order valence-corrected chi connectivity index (χ3v) is 3.72. The summed E-state index contributed by atoms with van der Waals surface area (Å²) in [5.74, 6) is 0.900. The Kier molecular flexibility index (Phi) is 4.05. The van der Waals surface area contributed by atoms with Crippen LogP contribution in [0.4, 0.5) is 5.69 Å². The van der Waals surface area contributed by atoms with E-state index in [9.17, 15) is 4.79 Å². The highest BCUT2D eigenvalue weighted by atomic mass is 32.2. The highest BCUT2D eigenvalue weighted by molar-refractivity contribution is 7.98. The van der Waals surface area contributed by atoms with Gasteiger partial charge in [0.15, 0.2) is 5.78 Å². The quantitative estimate of drug-likeness (QED) is 0.515. The van der Waals surface area contributed by atoms with E-state index in [0.717, 1.165) is 10.6 Å². The molecule has 0 aromatic heterocycles. The zero-order valence-corrected chi connectivity index (χ0v) is 11.0. The van der Waals surface area contributed by atoms with Crippen LogP contribution in [0, 0.1) is 0 Å². The Morgan fingerprint density at radius 1 is 1.17 bits per heavy atom. The highest BCUT2D eigenvalue weighted by Gasteiger charge is 2.06. The van der Waals surface area contributed by atoms with E-state index in [1.807, 2.05) is 30.3 Å². The van der Waals surface area contributed by atoms with E-state index in [1.54, 1.807) is 17.8 Å². The van der Waals surface area contributed by atoms with Gasteiger partial charge in [-0.25, -0.2) is 0 Å². The average Bonchev–Trinajstić information content (AvgIpc) is 2.38. The molecule has 0 amide bonds. The number of nitrogens with two attached hydrogens (primary N) is 1. The lowest BCUT2D eigenvalue weighted by molar-refractivity contribution is 0.101. The van der Waals surface area contributed by atoms with Crippen LogP contribution in [0.5, 0.6) is 0 Å². The Balaban J connectivity index is 2.11. The molecule has 0 aliphatic heterocycles. The van der Waals surface area contributed by atoms with Gasteiger partial charge in [0, 0.05) is 21.9 Å². The molecule has 0 atom stereocenters. The third-order valence-electron chi connectivity index (χ3n) is 2.65. The van der Waals surface area contributed by atoms with E-state index in [1.165, 1.54) is 12.5 Å². The second kappa shape index (κ2) is 5.74. The minimum Gasteiger partial charge on any atom is -0.398 e. The lowest BCUT2D eigenvalue weighted by atomic mass is 10.1. The maximum atomic E-state index is 11.4. The number of carbonyl (C=O) groups excluding carboxylic acids is 1. The zero-order valence-electron chi connectivity index (χ0n) is 10.2. The first kappa shape index (κ1) is 12.7. The Labute approximate surface area is 111 Å². The molecule has 0 heterocycles. The fourth-order valence-electron chi connectivity index (χ4n) is 1.67. The number of Topliss-reactive ketones (excluding diaryl/α,β-unsaturated/α-hetero) is 1. The van der Waals surface area contributed by atoms with Crippen molar-refractivity contribution >= 4 is 23.2 Å². The molecule has 0 radical (unpaired) electrons. The highest BCUT2D eigenvalue weighted by Crippen LogP contribution is 2.26. The van der Waals surface area contributed by atoms with Gasteiger partial charge in [0.1, 0.15) is 0 Å². The summed E-state index contributed by atoms with van der Waals surface area (Å²) in [5.41, 5.74) is 8.19. The van der Waals surface area contributed by atoms with Crippen molar-refractivity contribution in [2.24, 2.45) is 0 Å². The summed E-state index contributed by atoms with van der Waals surface area (Å²) in [6.07, 6.45) is 0. The smallest absolute Gasteiger partial charge is 0.161 e. The van der Waals surface area contributed by atoms with E-state index in [-0.39, 0.29) is 5.78 Å². The molecule has 0 saturated heterocycles. The Hall–Kier alpha value is -1.74. The minimum atomic E-state index is 0.00895. The topological polar surface area (TPSA) is 43.1 Å². The van der Waals surface area contributed by atoms with Gasteiger partial charge < -0.3 is 5.73 Å². The number of ketones is 1. The monoisotopic (exact) mass is 257 g/mol. The van der Waals surface area contributed by atoms with Gasteiger partial charge in [0.05, 0.1) is 0 Å². The SMILES string of the molecule is CC(=O)c1cc(SCc2ccccc2)ccc1N. The lowest BCUT2D eigenvalue weighted by Crippen LogP contribution is -1.99. The first-order valence-electron chi connectivity index (χ1n) is 5.74. The molecule has 2 aromatic rings. The zero-order chi connectivity index (χ0) is 13.0. The minimum absolute atomic E-state index is 0.00895. The summed E-state index contributed by atoms with van der Waals surface area (Å²) in [4.78, 5) is 12.5. The Morgan fingerprint density at radius 3 is 2.56 bits per heavy atom. The molecule has 0 spiro atoms. The number of hydrogen-bond donors (Lipinski definition) is 1. The van der Waals surface area contributed by atoms with Crippen LogP contribution in [0.2, 0.25) is 0 Å². The van der Waals surface area contributed by atoms with E-state index >= 15 is 0 Å².